The van der Waals surface area contributed by atoms with Gasteiger partial charge in [0.25, 0.3) is 0 Å². The number of imidazole rings is 1. The molecular formula is C17H16N4O3S2. The lowest BCUT2D eigenvalue weighted by molar-refractivity contribution is -0.113. The van der Waals surface area contributed by atoms with E-state index >= 15 is 0 Å². The molecule has 0 fully saturated rings. The number of benzene rings is 1. The minimum absolute atomic E-state index is 0.0954. The Bertz CT molecular complexity index is 938. The van der Waals surface area contributed by atoms with Gasteiger partial charge < -0.3 is 19.4 Å². The highest BCUT2D eigenvalue weighted by Crippen LogP contribution is 2.33. The summed E-state index contributed by atoms with van der Waals surface area (Å²) in [5, 5.41) is 6.11. The number of rotatable bonds is 6. The van der Waals surface area contributed by atoms with Gasteiger partial charge in [-0.25, -0.2) is 9.97 Å². The van der Waals surface area contributed by atoms with E-state index in [4.69, 9.17) is 9.47 Å². The monoisotopic (exact) mass is 388 g/mol. The summed E-state index contributed by atoms with van der Waals surface area (Å²) in [5.74, 6) is 1.71. The molecule has 0 saturated carbocycles. The van der Waals surface area contributed by atoms with Crippen LogP contribution >= 0.6 is 23.1 Å². The van der Waals surface area contributed by atoms with Crippen LogP contribution in [0.2, 0.25) is 0 Å². The average Bonchev–Trinajstić information content (AvgIpc) is 3.34. The molecule has 1 amide bonds. The lowest BCUT2D eigenvalue weighted by atomic mass is 10.2. The molecule has 3 heterocycles. The number of nitrogens with zero attached hydrogens (tertiary/aromatic N) is 3. The molecule has 1 N–H and O–H groups in total. The summed E-state index contributed by atoms with van der Waals surface area (Å²) in [5.41, 5.74) is 1.98. The van der Waals surface area contributed by atoms with Crippen LogP contribution in [0, 0.1) is 6.92 Å². The predicted octanol–water partition coefficient (Wildman–Crippen LogP) is 3.16. The lowest BCUT2D eigenvalue weighted by Gasteiger charge is -2.08. The first-order valence-corrected chi connectivity index (χ1v) is 9.78. The zero-order chi connectivity index (χ0) is 17.9. The standard InChI is InChI=1S/C17H16N4O3S2/c1-11-8-25-16(19-11)20-15(22)9-26-17-18-4-5-21(17)7-12-2-3-13-14(6-12)24-10-23-13/h2-6,8H,7,9-10H2,1H3,(H,19,20,22). The van der Waals surface area contributed by atoms with E-state index in [0.29, 0.717) is 11.7 Å². The van der Waals surface area contributed by atoms with Crippen molar-refractivity contribution in [1.82, 2.24) is 14.5 Å². The summed E-state index contributed by atoms with van der Waals surface area (Å²) < 4.78 is 12.8. The number of aromatic nitrogens is 3. The molecule has 0 bridgehead atoms. The number of thioether (sulfide) groups is 1. The maximum atomic E-state index is 12.1. The molecule has 0 aliphatic carbocycles. The number of hydrogen-bond acceptors (Lipinski definition) is 7. The molecule has 26 heavy (non-hydrogen) atoms. The first-order chi connectivity index (χ1) is 12.7. The molecule has 2 aromatic heterocycles. The van der Waals surface area contributed by atoms with E-state index in [1.807, 2.05) is 41.3 Å². The van der Waals surface area contributed by atoms with Crippen LogP contribution in [0.15, 0.2) is 41.1 Å². The lowest BCUT2D eigenvalue weighted by Crippen LogP contribution is -2.14. The van der Waals surface area contributed by atoms with Crippen LogP contribution in [0.25, 0.3) is 0 Å². The van der Waals surface area contributed by atoms with Gasteiger partial charge in [-0.15, -0.1) is 11.3 Å². The normalized spacial score (nSPS) is 12.3. The van der Waals surface area contributed by atoms with E-state index in [2.05, 4.69) is 15.3 Å². The Kier molecular flexibility index (Phi) is 4.81. The number of carbonyl (C=O) groups excluding carboxylic acids is 1. The first kappa shape index (κ1) is 16.9. The first-order valence-electron chi connectivity index (χ1n) is 7.92. The SMILES string of the molecule is Cc1csc(NC(=O)CSc2nccn2Cc2ccc3c(c2)OCO3)n1. The summed E-state index contributed by atoms with van der Waals surface area (Å²) in [6.45, 7) is 2.80. The van der Waals surface area contributed by atoms with Crippen LogP contribution in [-0.2, 0) is 11.3 Å². The molecule has 0 atom stereocenters. The fourth-order valence-electron chi connectivity index (χ4n) is 2.49. The molecule has 7 nitrogen and oxygen atoms in total. The van der Waals surface area contributed by atoms with Crippen molar-refractivity contribution in [2.75, 3.05) is 17.9 Å². The fraction of sp³-hybridized carbons (Fsp3) is 0.235. The van der Waals surface area contributed by atoms with Crippen LogP contribution in [0.4, 0.5) is 5.13 Å². The van der Waals surface area contributed by atoms with E-state index in [1.165, 1.54) is 23.1 Å². The molecule has 4 rings (SSSR count). The van der Waals surface area contributed by atoms with Crippen LogP contribution in [0.5, 0.6) is 11.5 Å². The maximum Gasteiger partial charge on any atom is 0.236 e. The van der Waals surface area contributed by atoms with Gasteiger partial charge in [-0.05, 0) is 24.6 Å². The van der Waals surface area contributed by atoms with Gasteiger partial charge in [-0.1, -0.05) is 17.8 Å². The highest BCUT2D eigenvalue weighted by atomic mass is 32.2. The smallest absolute Gasteiger partial charge is 0.236 e. The molecule has 0 spiro atoms. The van der Waals surface area contributed by atoms with Crippen molar-refractivity contribution in [3.05, 3.63) is 47.2 Å². The fourth-order valence-corrected chi connectivity index (χ4v) is 3.95. The van der Waals surface area contributed by atoms with Gasteiger partial charge in [0.05, 0.1) is 11.4 Å². The number of aryl methyl sites for hydroxylation is 1. The molecular weight excluding hydrogens is 372 g/mol. The highest BCUT2D eigenvalue weighted by molar-refractivity contribution is 7.99. The topological polar surface area (TPSA) is 78.3 Å². The summed E-state index contributed by atoms with van der Waals surface area (Å²) in [6.07, 6.45) is 3.63. The van der Waals surface area contributed by atoms with Crippen molar-refractivity contribution in [2.24, 2.45) is 0 Å². The van der Waals surface area contributed by atoms with Crippen molar-refractivity contribution >= 4 is 34.1 Å². The second-order valence-electron chi connectivity index (χ2n) is 5.66. The number of thiazole rings is 1. The number of nitrogens with one attached hydrogen (secondary N) is 1. The van der Waals surface area contributed by atoms with Gasteiger partial charge in [-0.3, -0.25) is 4.79 Å². The van der Waals surface area contributed by atoms with Crippen LogP contribution in [-0.4, -0.2) is 33.0 Å². The molecule has 1 aromatic carbocycles. The van der Waals surface area contributed by atoms with Gasteiger partial charge >= 0.3 is 0 Å². The Labute approximate surface area is 158 Å². The molecule has 0 radical (unpaired) electrons. The highest BCUT2D eigenvalue weighted by Gasteiger charge is 2.14. The van der Waals surface area contributed by atoms with Crippen LogP contribution in [0.3, 0.4) is 0 Å². The molecule has 3 aromatic rings. The third-order valence-electron chi connectivity index (χ3n) is 3.66. The molecule has 1 aliphatic heterocycles. The largest absolute Gasteiger partial charge is 0.454 e. The van der Waals surface area contributed by atoms with Crippen molar-refractivity contribution in [2.45, 2.75) is 18.6 Å². The van der Waals surface area contributed by atoms with Crippen LogP contribution in [0.1, 0.15) is 11.3 Å². The van der Waals surface area contributed by atoms with E-state index < -0.39 is 0 Å². The minimum atomic E-state index is -0.0954. The molecule has 1 aliphatic rings. The number of fused-ring (bicyclic) bond motifs is 1. The third kappa shape index (κ3) is 3.83. The van der Waals surface area contributed by atoms with Gasteiger partial charge in [0.15, 0.2) is 21.8 Å². The van der Waals surface area contributed by atoms with Gasteiger partial charge in [0, 0.05) is 24.3 Å². The molecule has 0 saturated heterocycles. The Balaban J connectivity index is 1.37. The van der Waals surface area contributed by atoms with E-state index in [0.717, 1.165) is 27.9 Å². The van der Waals surface area contributed by atoms with Crippen molar-refractivity contribution < 1.29 is 14.3 Å². The van der Waals surface area contributed by atoms with Gasteiger partial charge in [0.1, 0.15) is 0 Å². The number of ether oxygens (including phenoxy) is 2. The van der Waals surface area contributed by atoms with Gasteiger partial charge in [-0.2, -0.15) is 0 Å². The summed E-state index contributed by atoms with van der Waals surface area (Å²) in [4.78, 5) is 20.7. The van der Waals surface area contributed by atoms with Crippen molar-refractivity contribution in [3.63, 3.8) is 0 Å². The number of anilines is 1. The summed E-state index contributed by atoms with van der Waals surface area (Å²) in [6, 6.07) is 5.87. The number of hydrogen-bond donors (Lipinski definition) is 1. The molecule has 0 unspecified atom stereocenters. The predicted molar refractivity (Wildman–Crippen MR) is 100 cm³/mol. The maximum absolute atomic E-state index is 12.1. The van der Waals surface area contributed by atoms with Crippen molar-refractivity contribution in [3.8, 4) is 11.5 Å². The van der Waals surface area contributed by atoms with Gasteiger partial charge in [0.2, 0.25) is 12.7 Å². The zero-order valence-corrected chi connectivity index (χ0v) is 15.6. The zero-order valence-electron chi connectivity index (χ0n) is 14.0. The second kappa shape index (κ2) is 7.38. The second-order valence-corrected chi connectivity index (χ2v) is 7.46. The Hall–Kier alpha value is -2.52. The van der Waals surface area contributed by atoms with Crippen molar-refractivity contribution in [1.29, 1.82) is 0 Å². The average molecular weight is 388 g/mol. The Morgan fingerprint density at radius 1 is 1.38 bits per heavy atom. The third-order valence-corrected chi connectivity index (χ3v) is 5.55. The number of amides is 1. The van der Waals surface area contributed by atoms with Crippen LogP contribution < -0.4 is 14.8 Å². The van der Waals surface area contributed by atoms with E-state index in [9.17, 15) is 4.79 Å². The minimum Gasteiger partial charge on any atom is -0.454 e. The van der Waals surface area contributed by atoms with E-state index in [1.54, 1.807) is 6.20 Å². The van der Waals surface area contributed by atoms with E-state index in [-0.39, 0.29) is 18.5 Å². The summed E-state index contributed by atoms with van der Waals surface area (Å²) in [7, 11) is 0. The Morgan fingerprint density at radius 2 is 2.27 bits per heavy atom. The quantitative estimate of drug-likeness (QED) is 0.654. The number of carbonyl (C=O) groups is 1. The Morgan fingerprint density at radius 3 is 3.12 bits per heavy atom. The molecule has 134 valence electrons. The summed E-state index contributed by atoms with van der Waals surface area (Å²) >= 11 is 2.81. The molecule has 9 heteroatoms.